The van der Waals surface area contributed by atoms with Gasteiger partial charge in [-0.1, -0.05) is 30.3 Å². The lowest BCUT2D eigenvalue weighted by Gasteiger charge is -2.23. The van der Waals surface area contributed by atoms with Crippen LogP contribution >= 0.6 is 0 Å². The maximum atomic E-state index is 11.2. The molecule has 1 aliphatic rings. The first-order chi connectivity index (χ1) is 8.68. The lowest BCUT2D eigenvalue weighted by molar-refractivity contribution is -0.133. The van der Waals surface area contributed by atoms with Crippen LogP contribution in [0.2, 0.25) is 0 Å². The first-order valence-electron chi connectivity index (χ1n) is 6.45. The Morgan fingerprint density at radius 2 is 1.89 bits per heavy atom. The van der Waals surface area contributed by atoms with Gasteiger partial charge < -0.3 is 10.4 Å². The van der Waals surface area contributed by atoms with E-state index in [0.29, 0.717) is 12.0 Å². The van der Waals surface area contributed by atoms with Gasteiger partial charge in [0.1, 0.15) is 0 Å². The zero-order chi connectivity index (χ0) is 13.0. The molecule has 0 radical (unpaired) electrons. The highest BCUT2D eigenvalue weighted by molar-refractivity contribution is 5.87. The van der Waals surface area contributed by atoms with E-state index in [-0.39, 0.29) is 6.04 Å². The zero-order valence-corrected chi connectivity index (χ0v) is 10.6. The van der Waals surface area contributed by atoms with E-state index in [0.717, 1.165) is 25.0 Å². The van der Waals surface area contributed by atoms with Crippen molar-refractivity contribution in [2.24, 2.45) is 0 Å². The quantitative estimate of drug-likeness (QED) is 0.856. The molecule has 1 atom stereocenters. The summed E-state index contributed by atoms with van der Waals surface area (Å²) in [5, 5.41) is 12.6. The highest BCUT2D eigenvalue weighted by Gasteiger charge is 2.19. The minimum atomic E-state index is -0.780. The van der Waals surface area contributed by atoms with Crippen molar-refractivity contribution in [1.82, 2.24) is 5.32 Å². The standard InChI is InChI=1S/C15H19NO2/c1-11(12-7-3-2-4-8-12)16-14-10-6-5-9-13(14)15(17)18/h2-4,7-8,11,16H,5-6,9-10H2,1H3,(H,17,18). The van der Waals surface area contributed by atoms with Gasteiger partial charge >= 0.3 is 5.97 Å². The fourth-order valence-electron chi connectivity index (χ4n) is 2.39. The van der Waals surface area contributed by atoms with Crippen LogP contribution in [-0.4, -0.2) is 11.1 Å². The molecule has 1 aromatic carbocycles. The number of rotatable bonds is 4. The second-order valence-corrected chi connectivity index (χ2v) is 4.75. The van der Waals surface area contributed by atoms with Gasteiger partial charge in [0.05, 0.1) is 5.57 Å². The van der Waals surface area contributed by atoms with Gasteiger partial charge in [-0.3, -0.25) is 0 Å². The topological polar surface area (TPSA) is 49.3 Å². The van der Waals surface area contributed by atoms with Crippen LogP contribution < -0.4 is 5.32 Å². The molecule has 1 unspecified atom stereocenters. The van der Waals surface area contributed by atoms with Crippen molar-refractivity contribution in [3.8, 4) is 0 Å². The summed E-state index contributed by atoms with van der Waals surface area (Å²) in [6, 6.07) is 10.2. The van der Waals surface area contributed by atoms with Crippen LogP contribution in [-0.2, 0) is 4.79 Å². The van der Waals surface area contributed by atoms with Crippen molar-refractivity contribution in [2.45, 2.75) is 38.6 Å². The van der Waals surface area contributed by atoms with Gasteiger partial charge in [0.15, 0.2) is 0 Å². The number of carboxylic acid groups (broad SMARTS) is 1. The van der Waals surface area contributed by atoms with Gasteiger partial charge in [-0.05, 0) is 38.2 Å². The molecule has 0 saturated carbocycles. The third-order valence-electron chi connectivity index (χ3n) is 3.42. The molecule has 0 fully saturated rings. The second-order valence-electron chi connectivity index (χ2n) is 4.75. The smallest absolute Gasteiger partial charge is 0.333 e. The Morgan fingerprint density at radius 3 is 2.56 bits per heavy atom. The zero-order valence-electron chi connectivity index (χ0n) is 10.6. The summed E-state index contributed by atoms with van der Waals surface area (Å²) in [6.07, 6.45) is 3.57. The summed E-state index contributed by atoms with van der Waals surface area (Å²) in [7, 11) is 0. The van der Waals surface area contributed by atoms with Crippen LogP contribution in [0.5, 0.6) is 0 Å². The first kappa shape index (κ1) is 12.7. The van der Waals surface area contributed by atoms with Gasteiger partial charge in [-0.25, -0.2) is 4.79 Å². The molecule has 0 aromatic heterocycles. The molecule has 0 spiro atoms. The summed E-state index contributed by atoms with van der Waals surface area (Å²) in [5.74, 6) is -0.780. The summed E-state index contributed by atoms with van der Waals surface area (Å²) in [6.45, 7) is 2.07. The molecule has 3 nitrogen and oxygen atoms in total. The number of hydrogen-bond acceptors (Lipinski definition) is 2. The van der Waals surface area contributed by atoms with Gasteiger partial charge in [-0.2, -0.15) is 0 Å². The minimum Gasteiger partial charge on any atom is -0.478 e. The van der Waals surface area contributed by atoms with Crippen LogP contribution in [0.25, 0.3) is 0 Å². The molecule has 0 aliphatic heterocycles. The molecule has 0 amide bonds. The van der Waals surface area contributed by atoms with Crippen molar-refractivity contribution in [3.63, 3.8) is 0 Å². The Labute approximate surface area is 108 Å². The SMILES string of the molecule is CC(NC1=C(C(=O)O)CCCC1)c1ccccc1. The van der Waals surface area contributed by atoms with E-state index >= 15 is 0 Å². The number of benzene rings is 1. The Morgan fingerprint density at radius 1 is 1.22 bits per heavy atom. The largest absolute Gasteiger partial charge is 0.478 e. The first-order valence-corrected chi connectivity index (χ1v) is 6.45. The highest BCUT2D eigenvalue weighted by Crippen LogP contribution is 2.25. The predicted molar refractivity (Wildman–Crippen MR) is 71.1 cm³/mol. The molecule has 2 rings (SSSR count). The van der Waals surface area contributed by atoms with E-state index in [1.807, 2.05) is 18.2 Å². The molecule has 1 aliphatic carbocycles. The molecule has 3 heteroatoms. The van der Waals surface area contributed by atoms with Crippen molar-refractivity contribution in [2.75, 3.05) is 0 Å². The second kappa shape index (κ2) is 5.71. The maximum Gasteiger partial charge on any atom is 0.333 e. The van der Waals surface area contributed by atoms with E-state index in [2.05, 4.69) is 24.4 Å². The van der Waals surface area contributed by atoms with E-state index < -0.39 is 5.97 Å². The Kier molecular flexibility index (Phi) is 4.03. The number of carbonyl (C=O) groups is 1. The predicted octanol–water partition coefficient (Wildman–Crippen LogP) is 3.25. The fourth-order valence-corrected chi connectivity index (χ4v) is 2.39. The molecule has 0 heterocycles. The lowest BCUT2D eigenvalue weighted by atomic mass is 9.95. The third kappa shape index (κ3) is 2.92. The highest BCUT2D eigenvalue weighted by atomic mass is 16.4. The van der Waals surface area contributed by atoms with E-state index in [4.69, 9.17) is 0 Å². The van der Waals surface area contributed by atoms with Crippen molar-refractivity contribution < 1.29 is 9.90 Å². The average molecular weight is 245 g/mol. The number of hydrogen-bond donors (Lipinski definition) is 2. The van der Waals surface area contributed by atoms with Crippen molar-refractivity contribution in [3.05, 3.63) is 47.2 Å². The van der Waals surface area contributed by atoms with Gasteiger partial charge in [0.2, 0.25) is 0 Å². The summed E-state index contributed by atoms with van der Waals surface area (Å²) in [4.78, 5) is 11.2. The molecule has 96 valence electrons. The third-order valence-corrected chi connectivity index (χ3v) is 3.42. The normalized spacial score (nSPS) is 17.4. The van der Waals surface area contributed by atoms with Crippen molar-refractivity contribution >= 4 is 5.97 Å². The molecule has 2 N–H and O–H groups in total. The number of allylic oxidation sites excluding steroid dienone is 1. The molecule has 18 heavy (non-hydrogen) atoms. The van der Waals surface area contributed by atoms with E-state index in [1.165, 1.54) is 5.56 Å². The van der Waals surface area contributed by atoms with Gasteiger partial charge in [0.25, 0.3) is 0 Å². The summed E-state index contributed by atoms with van der Waals surface area (Å²) in [5.41, 5.74) is 2.65. The Balaban J connectivity index is 2.14. The monoisotopic (exact) mass is 245 g/mol. The van der Waals surface area contributed by atoms with Gasteiger partial charge in [0, 0.05) is 11.7 Å². The average Bonchev–Trinajstić information content (AvgIpc) is 2.40. The van der Waals surface area contributed by atoms with Gasteiger partial charge in [-0.15, -0.1) is 0 Å². The molecular weight excluding hydrogens is 226 g/mol. The number of nitrogens with one attached hydrogen (secondary N) is 1. The van der Waals surface area contributed by atoms with E-state index in [9.17, 15) is 9.90 Å². The van der Waals surface area contributed by atoms with Crippen LogP contribution in [0.4, 0.5) is 0 Å². The van der Waals surface area contributed by atoms with Crippen molar-refractivity contribution in [1.29, 1.82) is 0 Å². The number of carboxylic acids is 1. The lowest BCUT2D eigenvalue weighted by Crippen LogP contribution is -2.24. The molecule has 0 saturated heterocycles. The minimum absolute atomic E-state index is 0.147. The number of aliphatic carboxylic acids is 1. The van der Waals surface area contributed by atoms with Crippen LogP contribution in [0, 0.1) is 0 Å². The summed E-state index contributed by atoms with van der Waals surface area (Å²) < 4.78 is 0. The Hall–Kier alpha value is -1.77. The van der Waals surface area contributed by atoms with Crippen LogP contribution in [0.3, 0.4) is 0 Å². The molecule has 1 aromatic rings. The Bertz CT molecular complexity index is 451. The molecule has 0 bridgehead atoms. The van der Waals surface area contributed by atoms with Crippen LogP contribution in [0.15, 0.2) is 41.6 Å². The van der Waals surface area contributed by atoms with E-state index in [1.54, 1.807) is 0 Å². The fraction of sp³-hybridized carbons (Fsp3) is 0.400. The molecular formula is C15H19NO2. The van der Waals surface area contributed by atoms with Crippen LogP contribution in [0.1, 0.15) is 44.2 Å². The maximum absolute atomic E-state index is 11.2. The summed E-state index contributed by atoms with van der Waals surface area (Å²) >= 11 is 0.